The highest BCUT2D eigenvalue weighted by Crippen LogP contribution is 2.40. The molecule has 27 heavy (non-hydrogen) atoms. The van der Waals surface area contributed by atoms with Crippen LogP contribution in [0.1, 0.15) is 34.3 Å². The van der Waals surface area contributed by atoms with E-state index in [0.29, 0.717) is 31.0 Å². The van der Waals surface area contributed by atoms with Gasteiger partial charge in [-0.25, -0.2) is 0 Å². The Morgan fingerprint density at radius 1 is 1.11 bits per heavy atom. The standard InChI is InChI=1S/C21H24N2O4/c1-14-2-4-16(22)11-17(14)20(24)23-12-21(6-8-25-9-7-21)15-3-5-18-19(10-15)27-13-26-18/h2-5,10-11H,6-9,12-13,22H2,1H3,(H,23,24). The highest BCUT2D eigenvalue weighted by molar-refractivity contribution is 5.96. The lowest BCUT2D eigenvalue weighted by Crippen LogP contribution is -2.44. The Morgan fingerprint density at radius 3 is 2.70 bits per heavy atom. The van der Waals surface area contributed by atoms with Crippen molar-refractivity contribution < 1.29 is 19.0 Å². The van der Waals surface area contributed by atoms with E-state index in [4.69, 9.17) is 19.9 Å². The van der Waals surface area contributed by atoms with Crippen molar-refractivity contribution in [3.05, 3.63) is 53.1 Å². The fourth-order valence-electron chi connectivity index (χ4n) is 3.79. The number of anilines is 1. The van der Waals surface area contributed by atoms with Gasteiger partial charge in [0.15, 0.2) is 11.5 Å². The van der Waals surface area contributed by atoms with Crippen LogP contribution in [0, 0.1) is 6.92 Å². The summed E-state index contributed by atoms with van der Waals surface area (Å²) < 4.78 is 16.5. The van der Waals surface area contributed by atoms with Gasteiger partial charge in [0.2, 0.25) is 6.79 Å². The van der Waals surface area contributed by atoms with Crippen LogP contribution in [0.2, 0.25) is 0 Å². The lowest BCUT2D eigenvalue weighted by atomic mass is 9.74. The third-order valence-electron chi connectivity index (χ3n) is 5.53. The molecule has 2 heterocycles. The number of nitrogens with one attached hydrogen (secondary N) is 1. The molecule has 1 amide bonds. The average molecular weight is 368 g/mol. The molecule has 142 valence electrons. The van der Waals surface area contributed by atoms with Crippen LogP contribution in [0.15, 0.2) is 36.4 Å². The first-order valence-electron chi connectivity index (χ1n) is 9.20. The minimum atomic E-state index is -0.191. The number of ether oxygens (including phenoxy) is 3. The first-order chi connectivity index (χ1) is 13.1. The van der Waals surface area contributed by atoms with Gasteiger partial charge in [-0.15, -0.1) is 0 Å². The van der Waals surface area contributed by atoms with E-state index in [1.54, 1.807) is 12.1 Å². The largest absolute Gasteiger partial charge is 0.454 e. The van der Waals surface area contributed by atoms with Crippen LogP contribution >= 0.6 is 0 Å². The van der Waals surface area contributed by atoms with Gasteiger partial charge in [0.05, 0.1) is 0 Å². The Hall–Kier alpha value is -2.73. The second-order valence-electron chi connectivity index (χ2n) is 7.22. The SMILES string of the molecule is Cc1ccc(N)cc1C(=O)NCC1(c2ccc3c(c2)OCO3)CCOCC1. The normalized spacial score (nSPS) is 17.5. The molecule has 0 unspecified atom stereocenters. The number of fused-ring (bicyclic) bond motifs is 1. The molecule has 0 aliphatic carbocycles. The number of amides is 1. The molecule has 0 atom stereocenters. The molecule has 6 heteroatoms. The maximum absolute atomic E-state index is 12.8. The molecule has 0 spiro atoms. The molecule has 6 nitrogen and oxygen atoms in total. The number of benzene rings is 2. The summed E-state index contributed by atoms with van der Waals surface area (Å²) >= 11 is 0. The molecule has 1 saturated heterocycles. The molecule has 2 aliphatic rings. The van der Waals surface area contributed by atoms with Crippen molar-refractivity contribution in [1.29, 1.82) is 0 Å². The van der Waals surface area contributed by atoms with E-state index in [1.165, 1.54) is 0 Å². The Labute approximate surface area is 158 Å². The molecule has 2 aromatic rings. The van der Waals surface area contributed by atoms with Crippen molar-refractivity contribution in [3.8, 4) is 11.5 Å². The fraction of sp³-hybridized carbons (Fsp3) is 0.381. The van der Waals surface area contributed by atoms with Gasteiger partial charge in [0, 0.05) is 36.4 Å². The van der Waals surface area contributed by atoms with Crippen molar-refractivity contribution in [1.82, 2.24) is 5.32 Å². The zero-order valence-corrected chi connectivity index (χ0v) is 15.4. The van der Waals surface area contributed by atoms with Crippen LogP contribution in [-0.4, -0.2) is 32.5 Å². The number of carbonyl (C=O) groups is 1. The first-order valence-corrected chi connectivity index (χ1v) is 9.20. The third kappa shape index (κ3) is 3.45. The summed E-state index contributed by atoms with van der Waals surface area (Å²) in [4.78, 5) is 12.8. The minimum absolute atomic E-state index is 0.105. The van der Waals surface area contributed by atoms with E-state index in [0.717, 1.165) is 35.5 Å². The summed E-state index contributed by atoms with van der Waals surface area (Å²) in [5, 5.41) is 3.12. The van der Waals surface area contributed by atoms with Crippen LogP contribution in [0.25, 0.3) is 0 Å². The molecular formula is C21H24N2O4. The highest BCUT2D eigenvalue weighted by atomic mass is 16.7. The van der Waals surface area contributed by atoms with E-state index in [9.17, 15) is 4.79 Å². The molecule has 2 aromatic carbocycles. The highest BCUT2D eigenvalue weighted by Gasteiger charge is 2.36. The molecule has 0 aromatic heterocycles. The smallest absolute Gasteiger partial charge is 0.251 e. The lowest BCUT2D eigenvalue weighted by Gasteiger charge is -2.38. The summed E-state index contributed by atoms with van der Waals surface area (Å²) in [6.45, 7) is 4.03. The molecule has 1 fully saturated rings. The number of aryl methyl sites for hydroxylation is 1. The van der Waals surface area contributed by atoms with Crippen molar-refractivity contribution in [2.75, 3.05) is 32.3 Å². The summed E-state index contributed by atoms with van der Waals surface area (Å²) in [6, 6.07) is 11.4. The van der Waals surface area contributed by atoms with Gasteiger partial charge >= 0.3 is 0 Å². The van der Waals surface area contributed by atoms with Crippen molar-refractivity contribution in [2.45, 2.75) is 25.2 Å². The van der Waals surface area contributed by atoms with Gasteiger partial charge in [-0.3, -0.25) is 4.79 Å². The number of carbonyl (C=O) groups excluding carboxylic acids is 1. The first kappa shape index (κ1) is 17.7. The van der Waals surface area contributed by atoms with E-state index < -0.39 is 0 Å². The number of rotatable bonds is 4. The minimum Gasteiger partial charge on any atom is -0.454 e. The average Bonchev–Trinajstić information content (AvgIpc) is 3.16. The van der Waals surface area contributed by atoms with E-state index in [-0.39, 0.29) is 18.1 Å². The summed E-state index contributed by atoms with van der Waals surface area (Å²) in [5.41, 5.74) is 8.91. The zero-order chi connectivity index (χ0) is 18.9. The number of nitrogens with two attached hydrogens (primary N) is 1. The number of hydrogen-bond donors (Lipinski definition) is 2. The fourth-order valence-corrected chi connectivity index (χ4v) is 3.79. The Bertz CT molecular complexity index is 859. The van der Waals surface area contributed by atoms with Gasteiger partial charge in [-0.2, -0.15) is 0 Å². The molecule has 2 aliphatic heterocycles. The van der Waals surface area contributed by atoms with Crippen LogP contribution in [-0.2, 0) is 10.2 Å². The lowest BCUT2D eigenvalue weighted by molar-refractivity contribution is 0.0486. The van der Waals surface area contributed by atoms with Gasteiger partial charge < -0.3 is 25.3 Å². The molecule has 0 bridgehead atoms. The van der Waals surface area contributed by atoms with Crippen LogP contribution in [0.5, 0.6) is 11.5 Å². The monoisotopic (exact) mass is 368 g/mol. The summed E-state index contributed by atoms with van der Waals surface area (Å²) in [7, 11) is 0. The van der Waals surface area contributed by atoms with Gasteiger partial charge in [-0.05, 0) is 55.2 Å². The van der Waals surface area contributed by atoms with Gasteiger partial charge in [-0.1, -0.05) is 12.1 Å². The van der Waals surface area contributed by atoms with Gasteiger partial charge in [0.1, 0.15) is 0 Å². The Balaban J connectivity index is 1.57. The summed E-state index contributed by atoms with van der Waals surface area (Å²) in [5.74, 6) is 1.42. The van der Waals surface area contributed by atoms with Crippen molar-refractivity contribution in [2.24, 2.45) is 0 Å². The van der Waals surface area contributed by atoms with Crippen LogP contribution in [0.4, 0.5) is 5.69 Å². The number of nitrogen functional groups attached to an aromatic ring is 1. The molecular weight excluding hydrogens is 344 g/mol. The maximum Gasteiger partial charge on any atom is 0.251 e. The molecule has 3 N–H and O–H groups in total. The van der Waals surface area contributed by atoms with Crippen molar-refractivity contribution in [3.63, 3.8) is 0 Å². The van der Waals surface area contributed by atoms with E-state index in [2.05, 4.69) is 11.4 Å². The van der Waals surface area contributed by atoms with E-state index in [1.807, 2.05) is 25.1 Å². The van der Waals surface area contributed by atoms with Crippen LogP contribution < -0.4 is 20.5 Å². The second kappa shape index (κ2) is 7.12. The van der Waals surface area contributed by atoms with Crippen LogP contribution in [0.3, 0.4) is 0 Å². The Morgan fingerprint density at radius 2 is 1.89 bits per heavy atom. The number of hydrogen-bond acceptors (Lipinski definition) is 5. The maximum atomic E-state index is 12.8. The predicted molar refractivity (Wildman–Crippen MR) is 102 cm³/mol. The summed E-state index contributed by atoms with van der Waals surface area (Å²) in [6.07, 6.45) is 1.67. The topological polar surface area (TPSA) is 82.8 Å². The Kier molecular flexibility index (Phi) is 4.66. The molecule has 4 rings (SSSR count). The molecule has 0 radical (unpaired) electrons. The van der Waals surface area contributed by atoms with Crippen molar-refractivity contribution >= 4 is 11.6 Å². The predicted octanol–water partition coefficient (Wildman–Crippen LogP) is 2.78. The third-order valence-corrected chi connectivity index (χ3v) is 5.53. The zero-order valence-electron chi connectivity index (χ0n) is 15.4. The second-order valence-corrected chi connectivity index (χ2v) is 7.22. The van der Waals surface area contributed by atoms with Gasteiger partial charge in [0.25, 0.3) is 5.91 Å². The van der Waals surface area contributed by atoms with E-state index >= 15 is 0 Å². The quantitative estimate of drug-likeness (QED) is 0.811. The molecule has 0 saturated carbocycles.